The molecular formula is C29H27N3O4S. The number of benzene rings is 4. The van der Waals surface area contributed by atoms with E-state index in [-0.39, 0.29) is 28.1 Å². The molecule has 0 radical (unpaired) electrons. The van der Waals surface area contributed by atoms with Gasteiger partial charge in [-0.3, -0.25) is 13.9 Å². The summed E-state index contributed by atoms with van der Waals surface area (Å²) in [6, 6.07) is 30.4. The van der Waals surface area contributed by atoms with Crippen molar-refractivity contribution in [3.8, 4) is 0 Å². The van der Waals surface area contributed by atoms with Crippen molar-refractivity contribution < 1.29 is 18.0 Å². The number of hydrogen-bond donors (Lipinski definition) is 2. The van der Waals surface area contributed by atoms with Crippen LogP contribution in [-0.2, 0) is 10.0 Å². The number of nitrogens with zero attached hydrogens (tertiary/aromatic N) is 1. The maximum absolute atomic E-state index is 13.4. The van der Waals surface area contributed by atoms with Gasteiger partial charge in [-0.25, -0.2) is 8.42 Å². The highest BCUT2D eigenvalue weighted by Crippen LogP contribution is 2.27. The van der Waals surface area contributed by atoms with E-state index < -0.39 is 15.9 Å². The first-order valence-electron chi connectivity index (χ1n) is 11.7. The van der Waals surface area contributed by atoms with Crippen LogP contribution in [-0.4, -0.2) is 27.3 Å². The molecule has 4 rings (SSSR count). The summed E-state index contributed by atoms with van der Waals surface area (Å²) < 4.78 is 27.4. The standard InChI is InChI=1S/C29H27N3O4S/c1-21(22-13-5-3-6-14-22)30-28(33)24-17-9-11-19-26(24)31-29(34)25-18-10-12-20-27(25)32(2)37(35,36)23-15-7-4-8-16-23/h3-21H,1-2H3,(H,30,33)(H,31,34)/t21-/m1/s1. The van der Waals surface area contributed by atoms with Gasteiger partial charge >= 0.3 is 0 Å². The zero-order valence-corrected chi connectivity index (χ0v) is 21.3. The summed E-state index contributed by atoms with van der Waals surface area (Å²) >= 11 is 0. The minimum atomic E-state index is -3.89. The monoisotopic (exact) mass is 513 g/mol. The third kappa shape index (κ3) is 5.70. The summed E-state index contributed by atoms with van der Waals surface area (Å²) in [7, 11) is -2.49. The second-order valence-corrected chi connectivity index (χ2v) is 10.4. The second-order valence-electron chi connectivity index (χ2n) is 8.41. The van der Waals surface area contributed by atoms with Crippen LogP contribution in [0, 0.1) is 0 Å². The van der Waals surface area contributed by atoms with E-state index in [0.29, 0.717) is 11.3 Å². The summed E-state index contributed by atoms with van der Waals surface area (Å²) in [5.74, 6) is -0.883. The van der Waals surface area contributed by atoms with Gasteiger partial charge in [-0.05, 0) is 48.9 Å². The van der Waals surface area contributed by atoms with Crippen molar-refractivity contribution >= 4 is 33.2 Å². The molecule has 1 atom stereocenters. The van der Waals surface area contributed by atoms with Gasteiger partial charge in [-0.1, -0.05) is 72.8 Å². The Morgan fingerprint density at radius 3 is 1.92 bits per heavy atom. The Bertz CT molecular complexity index is 1510. The van der Waals surface area contributed by atoms with Crippen molar-refractivity contribution in [2.45, 2.75) is 17.9 Å². The van der Waals surface area contributed by atoms with Crippen LogP contribution in [0.5, 0.6) is 0 Å². The number of anilines is 2. The SMILES string of the molecule is C[C@@H](NC(=O)c1ccccc1NC(=O)c1ccccc1N(C)S(=O)(=O)c1ccccc1)c1ccccc1. The van der Waals surface area contributed by atoms with E-state index in [9.17, 15) is 18.0 Å². The molecule has 4 aromatic carbocycles. The van der Waals surface area contributed by atoms with Crippen LogP contribution in [0.2, 0.25) is 0 Å². The van der Waals surface area contributed by atoms with Gasteiger partial charge in [0.2, 0.25) is 0 Å². The zero-order chi connectivity index (χ0) is 26.4. The Morgan fingerprint density at radius 2 is 1.24 bits per heavy atom. The molecule has 0 aliphatic rings. The summed E-state index contributed by atoms with van der Waals surface area (Å²) in [5.41, 5.74) is 1.92. The third-order valence-electron chi connectivity index (χ3n) is 5.96. The highest BCUT2D eigenvalue weighted by molar-refractivity contribution is 7.92. The molecule has 0 saturated carbocycles. The molecule has 0 bridgehead atoms. The average Bonchev–Trinajstić information content (AvgIpc) is 2.93. The average molecular weight is 514 g/mol. The van der Waals surface area contributed by atoms with Crippen LogP contribution < -0.4 is 14.9 Å². The number of hydrogen-bond acceptors (Lipinski definition) is 4. The molecule has 8 heteroatoms. The number of para-hydroxylation sites is 2. The molecule has 7 nitrogen and oxygen atoms in total. The lowest BCUT2D eigenvalue weighted by Gasteiger charge is -2.22. The Morgan fingerprint density at radius 1 is 0.703 bits per heavy atom. The van der Waals surface area contributed by atoms with E-state index in [1.807, 2.05) is 37.3 Å². The van der Waals surface area contributed by atoms with Gasteiger partial charge in [0.05, 0.1) is 33.4 Å². The van der Waals surface area contributed by atoms with Gasteiger partial charge in [0.1, 0.15) is 0 Å². The number of nitrogens with one attached hydrogen (secondary N) is 2. The van der Waals surface area contributed by atoms with Gasteiger partial charge in [-0.15, -0.1) is 0 Å². The van der Waals surface area contributed by atoms with Crippen molar-refractivity contribution in [3.63, 3.8) is 0 Å². The Hall–Kier alpha value is -4.43. The first kappa shape index (κ1) is 25.7. The normalized spacial score (nSPS) is 11.8. The van der Waals surface area contributed by atoms with Crippen molar-refractivity contribution in [2.75, 3.05) is 16.7 Å². The second kappa shape index (κ2) is 11.1. The van der Waals surface area contributed by atoms with E-state index in [1.54, 1.807) is 66.7 Å². The predicted octanol–water partition coefficient (Wildman–Crippen LogP) is 5.26. The lowest BCUT2D eigenvalue weighted by atomic mass is 10.1. The van der Waals surface area contributed by atoms with E-state index in [1.165, 1.54) is 19.2 Å². The Labute approximate surface area is 216 Å². The predicted molar refractivity (Wildman–Crippen MR) is 145 cm³/mol. The minimum absolute atomic E-state index is 0.113. The fourth-order valence-electron chi connectivity index (χ4n) is 3.90. The van der Waals surface area contributed by atoms with Crippen molar-refractivity contribution in [3.05, 3.63) is 126 Å². The number of rotatable bonds is 8. The fourth-order valence-corrected chi connectivity index (χ4v) is 5.13. The molecule has 4 aromatic rings. The maximum Gasteiger partial charge on any atom is 0.264 e. The van der Waals surface area contributed by atoms with Crippen LogP contribution in [0.1, 0.15) is 39.2 Å². The fraction of sp³-hybridized carbons (Fsp3) is 0.103. The molecule has 0 spiro atoms. The van der Waals surface area contributed by atoms with Crippen molar-refractivity contribution in [1.82, 2.24) is 5.32 Å². The largest absolute Gasteiger partial charge is 0.345 e. The van der Waals surface area contributed by atoms with Crippen molar-refractivity contribution in [2.24, 2.45) is 0 Å². The van der Waals surface area contributed by atoms with E-state index >= 15 is 0 Å². The smallest absolute Gasteiger partial charge is 0.264 e. The number of carbonyl (C=O) groups is 2. The lowest BCUT2D eigenvalue weighted by molar-refractivity contribution is 0.0940. The maximum atomic E-state index is 13.4. The van der Waals surface area contributed by atoms with Gasteiger partial charge in [0.15, 0.2) is 0 Å². The Kier molecular flexibility index (Phi) is 7.69. The molecule has 2 amide bonds. The molecule has 0 heterocycles. The van der Waals surface area contributed by atoms with Crippen LogP contribution in [0.3, 0.4) is 0 Å². The first-order chi connectivity index (χ1) is 17.8. The molecule has 2 N–H and O–H groups in total. The van der Waals surface area contributed by atoms with E-state index in [2.05, 4.69) is 10.6 Å². The highest BCUT2D eigenvalue weighted by Gasteiger charge is 2.25. The molecule has 0 unspecified atom stereocenters. The molecular weight excluding hydrogens is 486 g/mol. The summed E-state index contributed by atoms with van der Waals surface area (Å²) in [4.78, 5) is 26.6. The summed E-state index contributed by atoms with van der Waals surface area (Å²) in [5, 5.41) is 5.74. The van der Waals surface area contributed by atoms with Crippen LogP contribution >= 0.6 is 0 Å². The molecule has 0 saturated heterocycles. The van der Waals surface area contributed by atoms with Crippen LogP contribution in [0.15, 0.2) is 114 Å². The molecule has 0 aromatic heterocycles. The summed E-state index contributed by atoms with van der Waals surface area (Å²) in [6.45, 7) is 1.88. The van der Waals surface area contributed by atoms with Crippen LogP contribution in [0.25, 0.3) is 0 Å². The molecule has 188 valence electrons. The zero-order valence-electron chi connectivity index (χ0n) is 20.5. The lowest BCUT2D eigenvalue weighted by Crippen LogP contribution is -2.30. The number of sulfonamides is 1. The topological polar surface area (TPSA) is 95.6 Å². The molecule has 0 fully saturated rings. The van der Waals surface area contributed by atoms with Gasteiger partial charge in [0.25, 0.3) is 21.8 Å². The van der Waals surface area contributed by atoms with Crippen molar-refractivity contribution in [1.29, 1.82) is 0 Å². The Balaban J connectivity index is 1.58. The van der Waals surface area contributed by atoms with Crippen LogP contribution in [0.4, 0.5) is 11.4 Å². The summed E-state index contributed by atoms with van der Waals surface area (Å²) in [6.07, 6.45) is 0. The number of carbonyl (C=O) groups excluding carboxylic acids is 2. The molecule has 37 heavy (non-hydrogen) atoms. The van der Waals surface area contributed by atoms with E-state index in [4.69, 9.17) is 0 Å². The highest BCUT2D eigenvalue weighted by atomic mass is 32.2. The van der Waals surface area contributed by atoms with E-state index in [0.717, 1.165) is 9.87 Å². The van der Waals surface area contributed by atoms with Gasteiger partial charge in [-0.2, -0.15) is 0 Å². The molecule has 0 aliphatic heterocycles. The quantitative estimate of drug-likeness (QED) is 0.336. The first-order valence-corrected chi connectivity index (χ1v) is 13.1. The minimum Gasteiger partial charge on any atom is -0.345 e. The van der Waals surface area contributed by atoms with Gasteiger partial charge in [0, 0.05) is 7.05 Å². The molecule has 0 aliphatic carbocycles. The third-order valence-corrected chi connectivity index (χ3v) is 7.74. The number of amides is 2. The van der Waals surface area contributed by atoms with Gasteiger partial charge < -0.3 is 10.6 Å².